The highest BCUT2D eigenvalue weighted by Gasteiger charge is 2.29. The molecular formula is C29H39N5O3. The Morgan fingerprint density at radius 3 is 2.30 bits per heavy atom. The second-order valence-corrected chi connectivity index (χ2v) is 10.1. The second kappa shape index (κ2) is 11.5. The van der Waals surface area contributed by atoms with E-state index >= 15 is 0 Å². The number of piperazine rings is 1. The summed E-state index contributed by atoms with van der Waals surface area (Å²) in [4.78, 5) is 17.0. The number of nitrogens with one attached hydrogen (secondary N) is 1. The van der Waals surface area contributed by atoms with Gasteiger partial charge in [-0.25, -0.2) is 0 Å². The first-order valence-corrected chi connectivity index (χ1v) is 13.5. The van der Waals surface area contributed by atoms with Crippen molar-refractivity contribution in [1.82, 2.24) is 14.4 Å². The molecule has 0 unspecified atom stereocenters. The summed E-state index contributed by atoms with van der Waals surface area (Å²) >= 11 is 0. The van der Waals surface area contributed by atoms with Gasteiger partial charge in [0.15, 0.2) is 0 Å². The molecule has 1 aliphatic heterocycles. The molecule has 0 atom stereocenters. The van der Waals surface area contributed by atoms with E-state index in [1.807, 2.05) is 30.3 Å². The Morgan fingerprint density at radius 2 is 1.68 bits per heavy atom. The van der Waals surface area contributed by atoms with Crippen molar-refractivity contribution in [3.05, 3.63) is 42.5 Å². The number of rotatable bonds is 11. The van der Waals surface area contributed by atoms with Crippen LogP contribution in [0.15, 0.2) is 42.5 Å². The van der Waals surface area contributed by atoms with Crippen LogP contribution in [0.5, 0.6) is 5.75 Å². The number of carbonyl (C=O) groups excluding carboxylic acids is 1. The molecule has 0 bridgehead atoms. The predicted octanol–water partition coefficient (Wildman–Crippen LogP) is 3.90. The Bertz CT molecular complexity index is 1210. The van der Waals surface area contributed by atoms with Gasteiger partial charge in [-0.1, -0.05) is 12.1 Å². The fraction of sp³-hybridized carbons (Fsp3) is 0.483. The molecule has 1 saturated carbocycles. The van der Waals surface area contributed by atoms with Gasteiger partial charge in [-0.05, 0) is 44.0 Å². The minimum absolute atomic E-state index is 0.117. The number of nitrogens with zero attached hydrogens (tertiary/aromatic N) is 3. The molecule has 0 spiro atoms. The topological polar surface area (TPSA) is 85.0 Å². The smallest absolute Gasteiger partial charge is 0.227 e. The Kier molecular flexibility index (Phi) is 7.98. The zero-order valence-electron chi connectivity index (χ0n) is 22.0. The van der Waals surface area contributed by atoms with Gasteiger partial charge in [0.05, 0.1) is 23.5 Å². The molecule has 2 fully saturated rings. The summed E-state index contributed by atoms with van der Waals surface area (Å²) in [6.45, 7) is 10.6. The normalized spacial score (nSPS) is 16.8. The Hall–Kier alpha value is -3.07. The number of hydrogen-bond donors (Lipinski definition) is 2. The highest BCUT2D eigenvalue weighted by Crippen LogP contribution is 2.38. The van der Waals surface area contributed by atoms with Crippen LogP contribution in [0.4, 0.5) is 11.4 Å². The molecule has 2 aliphatic rings. The van der Waals surface area contributed by atoms with Crippen molar-refractivity contribution in [1.29, 1.82) is 0 Å². The van der Waals surface area contributed by atoms with Crippen LogP contribution in [0.3, 0.4) is 0 Å². The van der Waals surface area contributed by atoms with Crippen LogP contribution in [0.2, 0.25) is 0 Å². The number of aryl methyl sites for hydroxylation is 1. The van der Waals surface area contributed by atoms with Crippen LogP contribution in [0.25, 0.3) is 22.2 Å². The third kappa shape index (κ3) is 5.92. The molecule has 3 N–H and O–H groups in total. The van der Waals surface area contributed by atoms with Gasteiger partial charge >= 0.3 is 0 Å². The van der Waals surface area contributed by atoms with Crippen LogP contribution in [0, 0.1) is 5.92 Å². The van der Waals surface area contributed by atoms with Crippen LogP contribution in [0.1, 0.15) is 19.8 Å². The number of anilines is 2. The highest BCUT2D eigenvalue weighted by atomic mass is 16.5. The largest absolute Gasteiger partial charge is 0.492 e. The number of benzene rings is 2. The lowest BCUT2D eigenvalue weighted by Gasteiger charge is -2.34. The molecule has 5 rings (SSSR count). The summed E-state index contributed by atoms with van der Waals surface area (Å²) in [5.41, 5.74) is 11.4. The number of fused-ring (bicyclic) bond motifs is 1. The van der Waals surface area contributed by atoms with E-state index in [-0.39, 0.29) is 11.8 Å². The molecule has 198 valence electrons. The lowest BCUT2D eigenvalue weighted by atomic mass is 10.1. The fourth-order valence-electron chi connectivity index (χ4n) is 5.14. The first-order valence-electron chi connectivity index (χ1n) is 13.5. The number of hydrogen-bond acceptors (Lipinski definition) is 6. The van der Waals surface area contributed by atoms with Gasteiger partial charge in [-0.3, -0.25) is 14.6 Å². The molecule has 1 saturated heterocycles. The molecular weight excluding hydrogens is 466 g/mol. The molecule has 1 amide bonds. The van der Waals surface area contributed by atoms with Crippen molar-refractivity contribution < 1.29 is 14.3 Å². The van der Waals surface area contributed by atoms with E-state index in [4.69, 9.17) is 15.2 Å². The summed E-state index contributed by atoms with van der Waals surface area (Å²) in [6, 6.07) is 14.2. The van der Waals surface area contributed by atoms with Crippen LogP contribution >= 0.6 is 0 Å². The number of ether oxygens (including phenoxy) is 2. The predicted molar refractivity (Wildman–Crippen MR) is 149 cm³/mol. The van der Waals surface area contributed by atoms with Crippen molar-refractivity contribution in [2.24, 2.45) is 5.92 Å². The van der Waals surface area contributed by atoms with E-state index < -0.39 is 0 Å². The fourth-order valence-corrected chi connectivity index (χ4v) is 5.14. The molecule has 1 aromatic heterocycles. The van der Waals surface area contributed by atoms with Gasteiger partial charge in [0.1, 0.15) is 12.4 Å². The van der Waals surface area contributed by atoms with Crippen molar-refractivity contribution in [2.45, 2.75) is 26.3 Å². The van der Waals surface area contributed by atoms with E-state index in [1.54, 1.807) is 7.11 Å². The maximum atomic E-state index is 12.1. The quantitative estimate of drug-likeness (QED) is 0.411. The number of methoxy groups -OCH3 is 1. The summed E-state index contributed by atoms with van der Waals surface area (Å²) in [6.07, 6.45) is 1.99. The van der Waals surface area contributed by atoms with Gasteiger partial charge in [-0.15, -0.1) is 0 Å². The van der Waals surface area contributed by atoms with E-state index in [2.05, 4.69) is 38.7 Å². The number of amides is 1. The van der Waals surface area contributed by atoms with Crippen LogP contribution in [-0.4, -0.2) is 79.9 Å². The first kappa shape index (κ1) is 25.6. The van der Waals surface area contributed by atoms with Gasteiger partial charge in [-0.2, -0.15) is 0 Å². The summed E-state index contributed by atoms with van der Waals surface area (Å²) in [5, 5.41) is 4.04. The van der Waals surface area contributed by atoms with E-state index in [0.29, 0.717) is 6.61 Å². The highest BCUT2D eigenvalue weighted by molar-refractivity contribution is 6.01. The van der Waals surface area contributed by atoms with Crippen LogP contribution < -0.4 is 15.8 Å². The van der Waals surface area contributed by atoms with E-state index in [0.717, 1.165) is 105 Å². The van der Waals surface area contributed by atoms with E-state index in [1.165, 1.54) is 0 Å². The molecule has 8 heteroatoms. The van der Waals surface area contributed by atoms with Crippen molar-refractivity contribution in [3.8, 4) is 17.0 Å². The first-order chi connectivity index (χ1) is 18.1. The number of nitrogen functional groups attached to an aromatic ring is 1. The molecule has 2 aromatic carbocycles. The lowest BCUT2D eigenvalue weighted by Crippen LogP contribution is -2.48. The lowest BCUT2D eigenvalue weighted by molar-refractivity contribution is -0.117. The summed E-state index contributed by atoms with van der Waals surface area (Å²) < 4.78 is 13.6. The minimum atomic E-state index is 0.117. The van der Waals surface area contributed by atoms with Gasteiger partial charge in [0.2, 0.25) is 5.91 Å². The zero-order chi connectivity index (χ0) is 25.8. The number of nitrogens with two attached hydrogens (primary N) is 1. The third-order valence-corrected chi connectivity index (χ3v) is 7.52. The molecule has 1 aliphatic carbocycles. The number of carbonyl (C=O) groups is 1. The average Bonchev–Trinajstić information content (AvgIpc) is 3.74. The van der Waals surface area contributed by atoms with E-state index in [9.17, 15) is 4.79 Å². The van der Waals surface area contributed by atoms with Gasteiger partial charge in [0, 0.05) is 81.5 Å². The standard InChI is InChI=1S/C29H39N5O3/c1-3-34-26-20-24(37-19-17-33-14-12-32(13-15-33)16-18-36-2)10-11-25(26)27(30)28(34)21-6-8-23(9-7-21)31-29(35)22-4-5-22/h6-11,20,22H,3-5,12-19,30H2,1-2H3,(H,31,35). The molecule has 0 radical (unpaired) electrons. The molecule has 3 aromatic rings. The Balaban J connectivity index is 1.24. The summed E-state index contributed by atoms with van der Waals surface area (Å²) in [5.74, 6) is 1.17. The minimum Gasteiger partial charge on any atom is -0.492 e. The third-order valence-electron chi connectivity index (χ3n) is 7.52. The monoisotopic (exact) mass is 505 g/mol. The summed E-state index contributed by atoms with van der Waals surface area (Å²) in [7, 11) is 1.76. The van der Waals surface area contributed by atoms with Crippen molar-refractivity contribution in [2.75, 3.05) is 70.6 Å². The Labute approximate surface area is 219 Å². The van der Waals surface area contributed by atoms with Crippen molar-refractivity contribution in [3.63, 3.8) is 0 Å². The molecule has 2 heterocycles. The maximum absolute atomic E-state index is 12.1. The maximum Gasteiger partial charge on any atom is 0.227 e. The Morgan fingerprint density at radius 1 is 1.00 bits per heavy atom. The SMILES string of the molecule is CCn1c(-c2ccc(NC(=O)C3CC3)cc2)c(N)c2ccc(OCCN3CCN(CCOC)CC3)cc21. The average molecular weight is 506 g/mol. The number of aromatic nitrogens is 1. The van der Waals surface area contributed by atoms with Crippen molar-refractivity contribution >= 4 is 28.2 Å². The zero-order valence-corrected chi connectivity index (χ0v) is 22.0. The van der Waals surface area contributed by atoms with Gasteiger partial charge < -0.3 is 25.1 Å². The van der Waals surface area contributed by atoms with Gasteiger partial charge in [0.25, 0.3) is 0 Å². The molecule has 37 heavy (non-hydrogen) atoms. The molecule has 8 nitrogen and oxygen atoms in total. The van der Waals surface area contributed by atoms with Crippen LogP contribution in [-0.2, 0) is 16.1 Å². The second-order valence-electron chi connectivity index (χ2n) is 10.1.